The first-order valence-electron chi connectivity index (χ1n) is 15.7. The van der Waals surface area contributed by atoms with Crippen molar-refractivity contribution in [3.05, 3.63) is 105 Å². The van der Waals surface area contributed by atoms with Gasteiger partial charge in [0.1, 0.15) is 11.8 Å². The summed E-state index contributed by atoms with van der Waals surface area (Å²) in [6, 6.07) is 21.5. The Kier molecular flexibility index (Phi) is 10.5. The van der Waals surface area contributed by atoms with Crippen molar-refractivity contribution in [2.75, 3.05) is 13.7 Å². The van der Waals surface area contributed by atoms with Crippen LogP contribution in [-0.4, -0.2) is 64.4 Å². The van der Waals surface area contributed by atoms with Gasteiger partial charge in [0.15, 0.2) is 0 Å². The van der Waals surface area contributed by atoms with Crippen LogP contribution >= 0.6 is 0 Å². The zero-order valence-corrected chi connectivity index (χ0v) is 26.1. The van der Waals surface area contributed by atoms with Gasteiger partial charge in [0.25, 0.3) is 11.6 Å². The number of ether oxygens (including phenoxy) is 1. The second-order valence-corrected chi connectivity index (χ2v) is 12.4. The van der Waals surface area contributed by atoms with Crippen LogP contribution in [0.3, 0.4) is 0 Å². The lowest BCUT2D eigenvalue weighted by molar-refractivity contribution is -0.384. The molecular weight excluding hydrogens is 570 g/mol. The molecular formula is C35H43N5O5. The van der Waals surface area contributed by atoms with E-state index in [4.69, 9.17) is 10.5 Å². The van der Waals surface area contributed by atoms with Gasteiger partial charge in [0.2, 0.25) is 5.91 Å². The molecule has 10 heteroatoms. The van der Waals surface area contributed by atoms with Crippen molar-refractivity contribution in [1.82, 2.24) is 15.1 Å². The van der Waals surface area contributed by atoms with Crippen molar-refractivity contribution in [1.29, 1.82) is 0 Å². The molecule has 1 saturated heterocycles. The number of likely N-dealkylation sites (tertiary alicyclic amines) is 1. The van der Waals surface area contributed by atoms with Gasteiger partial charge in [-0.1, -0.05) is 42.0 Å². The molecule has 2 aliphatic rings. The molecule has 3 aromatic rings. The van der Waals surface area contributed by atoms with Crippen LogP contribution in [0.15, 0.2) is 72.8 Å². The third-order valence-electron chi connectivity index (χ3n) is 9.12. The number of hydrogen-bond acceptors (Lipinski definition) is 7. The monoisotopic (exact) mass is 613 g/mol. The molecule has 1 aliphatic heterocycles. The van der Waals surface area contributed by atoms with Crippen molar-refractivity contribution in [3.8, 4) is 5.75 Å². The minimum atomic E-state index is -0.641. The smallest absolute Gasteiger partial charge is 0.269 e. The average Bonchev–Trinajstić information content (AvgIpc) is 3.05. The Hall–Kier alpha value is -4.28. The summed E-state index contributed by atoms with van der Waals surface area (Å²) < 4.78 is 5.47. The van der Waals surface area contributed by atoms with E-state index >= 15 is 0 Å². The molecule has 1 aliphatic carbocycles. The fourth-order valence-electron chi connectivity index (χ4n) is 6.47. The number of methoxy groups -OCH3 is 1. The zero-order valence-electron chi connectivity index (χ0n) is 26.1. The van der Waals surface area contributed by atoms with E-state index in [1.54, 1.807) is 24.1 Å². The van der Waals surface area contributed by atoms with Gasteiger partial charge in [-0.05, 0) is 80.8 Å². The lowest BCUT2D eigenvalue weighted by Gasteiger charge is -2.43. The number of aryl methyl sites for hydroxylation is 1. The second kappa shape index (κ2) is 14.7. The van der Waals surface area contributed by atoms with Crippen LogP contribution in [0, 0.1) is 17.0 Å². The van der Waals surface area contributed by atoms with Crippen LogP contribution < -0.4 is 15.8 Å². The number of nitrogens with two attached hydrogens (primary N) is 1. The summed E-state index contributed by atoms with van der Waals surface area (Å²) in [5.41, 5.74) is 9.77. The number of piperidine rings is 1. The number of nitro groups is 1. The van der Waals surface area contributed by atoms with Crippen molar-refractivity contribution in [2.45, 2.75) is 82.7 Å². The fourth-order valence-corrected chi connectivity index (χ4v) is 6.47. The van der Waals surface area contributed by atoms with Crippen molar-refractivity contribution >= 4 is 17.5 Å². The van der Waals surface area contributed by atoms with Crippen molar-refractivity contribution in [2.24, 2.45) is 5.73 Å². The number of carbonyl (C=O) groups excluding carboxylic acids is 2. The molecule has 0 spiro atoms. The van der Waals surface area contributed by atoms with Gasteiger partial charge in [-0.15, -0.1) is 0 Å². The van der Waals surface area contributed by atoms with Crippen LogP contribution in [0.1, 0.15) is 65.6 Å². The van der Waals surface area contributed by atoms with Gasteiger partial charge in [-0.25, -0.2) is 0 Å². The highest BCUT2D eigenvalue weighted by Gasteiger charge is 2.39. The lowest BCUT2D eigenvalue weighted by atomic mass is 9.90. The number of hydrogen-bond donors (Lipinski definition) is 2. The van der Waals surface area contributed by atoms with Gasteiger partial charge >= 0.3 is 0 Å². The van der Waals surface area contributed by atoms with Gasteiger partial charge in [-0.3, -0.25) is 24.6 Å². The first-order valence-corrected chi connectivity index (χ1v) is 15.7. The van der Waals surface area contributed by atoms with E-state index < -0.39 is 11.0 Å². The van der Waals surface area contributed by atoms with E-state index in [9.17, 15) is 19.7 Å². The summed E-state index contributed by atoms with van der Waals surface area (Å²) in [4.78, 5) is 42.7. The maximum Gasteiger partial charge on any atom is 0.269 e. The quantitative estimate of drug-likeness (QED) is 0.244. The minimum Gasteiger partial charge on any atom is -0.497 e. The zero-order chi connectivity index (χ0) is 31.9. The standard InChI is InChI=1S/C35H43N5O5/c1-24-6-10-27(11-7-24)35(42)39-19-18-31(21-33(39)34(41)37-29-14-12-28(36)13-15-29)38(23-26-4-3-5-32(20-26)45-2)22-25-8-16-30(17-9-25)40(43)44/h3-11,16-17,20,28-29,31,33H,12-15,18-19,21-23,36H2,1-2H3,(H,37,41)/t28?,29?,31?,33-/m1/s1. The molecule has 2 fully saturated rings. The topological polar surface area (TPSA) is 131 Å². The Morgan fingerprint density at radius 1 is 0.978 bits per heavy atom. The molecule has 1 saturated carbocycles. The summed E-state index contributed by atoms with van der Waals surface area (Å²) >= 11 is 0. The Morgan fingerprint density at radius 2 is 1.67 bits per heavy atom. The van der Waals surface area contributed by atoms with Crippen LogP contribution in [0.5, 0.6) is 5.75 Å². The number of amides is 2. The maximum absolute atomic E-state index is 14.0. The van der Waals surface area contributed by atoms with Crippen LogP contribution in [0.4, 0.5) is 5.69 Å². The maximum atomic E-state index is 14.0. The molecule has 3 N–H and O–H groups in total. The van der Waals surface area contributed by atoms with Crippen LogP contribution in [-0.2, 0) is 17.9 Å². The van der Waals surface area contributed by atoms with Crippen molar-refractivity contribution < 1.29 is 19.2 Å². The van der Waals surface area contributed by atoms with Gasteiger partial charge in [0.05, 0.1) is 12.0 Å². The summed E-state index contributed by atoms with van der Waals surface area (Å²) in [6.07, 6.45) is 4.54. The molecule has 3 aromatic carbocycles. The van der Waals surface area contributed by atoms with E-state index in [1.165, 1.54) is 12.1 Å². The molecule has 1 heterocycles. The molecule has 2 atom stereocenters. The fraction of sp³-hybridized carbons (Fsp3) is 0.429. The predicted molar refractivity (Wildman–Crippen MR) is 173 cm³/mol. The van der Waals surface area contributed by atoms with Gasteiger partial charge < -0.3 is 20.7 Å². The number of nitrogens with one attached hydrogen (secondary N) is 1. The van der Waals surface area contributed by atoms with E-state index in [2.05, 4.69) is 10.2 Å². The number of nitro benzene ring substituents is 1. The van der Waals surface area contributed by atoms with Gasteiger partial charge in [-0.2, -0.15) is 0 Å². The number of nitrogens with zero attached hydrogens (tertiary/aromatic N) is 3. The van der Waals surface area contributed by atoms with E-state index in [0.29, 0.717) is 38.0 Å². The average molecular weight is 614 g/mol. The summed E-state index contributed by atoms with van der Waals surface area (Å²) in [7, 11) is 1.64. The van der Waals surface area contributed by atoms with E-state index in [1.807, 2.05) is 55.5 Å². The number of rotatable bonds is 10. The van der Waals surface area contributed by atoms with Gasteiger partial charge in [0, 0.05) is 55.5 Å². The van der Waals surface area contributed by atoms with E-state index in [0.717, 1.165) is 48.1 Å². The Labute approximate surface area is 264 Å². The number of benzene rings is 3. The normalized spacial score (nSPS) is 21.7. The summed E-state index contributed by atoms with van der Waals surface area (Å²) in [5.74, 6) is 0.483. The third kappa shape index (κ3) is 8.26. The molecule has 1 unspecified atom stereocenters. The first-order chi connectivity index (χ1) is 21.7. The Balaban J connectivity index is 1.42. The molecule has 5 rings (SSSR count). The minimum absolute atomic E-state index is 0.0241. The highest BCUT2D eigenvalue weighted by Crippen LogP contribution is 2.29. The summed E-state index contributed by atoms with van der Waals surface area (Å²) in [5, 5.41) is 14.5. The summed E-state index contributed by atoms with van der Waals surface area (Å²) in [6.45, 7) is 3.52. The number of carbonyl (C=O) groups is 2. The molecule has 10 nitrogen and oxygen atoms in total. The molecule has 238 valence electrons. The molecule has 0 bridgehead atoms. The Bertz CT molecular complexity index is 1470. The van der Waals surface area contributed by atoms with Crippen LogP contribution in [0.2, 0.25) is 0 Å². The number of non-ortho nitro benzene ring substituents is 1. The molecule has 45 heavy (non-hydrogen) atoms. The highest BCUT2D eigenvalue weighted by atomic mass is 16.6. The van der Waals surface area contributed by atoms with Crippen molar-refractivity contribution in [3.63, 3.8) is 0 Å². The largest absolute Gasteiger partial charge is 0.497 e. The highest BCUT2D eigenvalue weighted by molar-refractivity contribution is 5.97. The lowest BCUT2D eigenvalue weighted by Crippen LogP contribution is -2.58. The van der Waals surface area contributed by atoms with E-state index in [-0.39, 0.29) is 35.6 Å². The third-order valence-corrected chi connectivity index (χ3v) is 9.12. The first kappa shape index (κ1) is 32.1. The Morgan fingerprint density at radius 3 is 2.33 bits per heavy atom. The molecule has 0 aromatic heterocycles. The second-order valence-electron chi connectivity index (χ2n) is 12.4. The van der Waals surface area contributed by atoms with Crippen LogP contribution in [0.25, 0.3) is 0 Å². The molecule has 2 amide bonds. The predicted octanol–water partition coefficient (Wildman–Crippen LogP) is 4.97. The molecule has 0 radical (unpaired) electrons. The SMILES string of the molecule is COc1cccc(CN(Cc2ccc([N+](=O)[O-])cc2)C2CCN(C(=O)c3ccc(C)cc3)[C@@H](C(=O)NC3CCC(N)CC3)C2)c1.